The predicted octanol–water partition coefficient (Wildman–Crippen LogP) is -0.579. The number of nitrogen functional groups attached to an aromatic ring is 1. The van der Waals surface area contributed by atoms with Crippen LogP contribution < -0.4 is 5.73 Å². The van der Waals surface area contributed by atoms with E-state index in [1.54, 1.807) is 0 Å². The largest absolute Gasteiger partial charge is 0.381 e. The minimum Gasteiger partial charge on any atom is -0.381 e. The van der Waals surface area contributed by atoms with E-state index in [0.29, 0.717) is 19.6 Å². The highest BCUT2D eigenvalue weighted by atomic mass is 32.2. The summed E-state index contributed by atoms with van der Waals surface area (Å²) in [4.78, 5) is 2.22. The number of hydrogen-bond donors (Lipinski definition) is 1. The van der Waals surface area contributed by atoms with Crippen molar-refractivity contribution >= 4 is 15.8 Å². The van der Waals surface area contributed by atoms with Crippen LogP contribution in [0.3, 0.4) is 0 Å². The predicted molar refractivity (Wildman–Crippen MR) is 68.6 cm³/mol. The first kappa shape index (κ1) is 13.3. The third-order valence-electron chi connectivity index (χ3n) is 3.16. The molecule has 102 valence electrons. The Bertz CT molecular complexity index is 516. The highest BCUT2D eigenvalue weighted by molar-refractivity contribution is 7.89. The number of sulfonamides is 1. The number of hydrogen-bond acceptors (Lipinski definition) is 5. The molecule has 0 radical (unpaired) electrons. The van der Waals surface area contributed by atoms with E-state index < -0.39 is 10.0 Å². The Hall–Kier alpha value is -1.12. The van der Waals surface area contributed by atoms with Crippen molar-refractivity contribution in [3.05, 3.63) is 6.20 Å². The smallest absolute Gasteiger partial charge is 0.248 e. The van der Waals surface area contributed by atoms with Crippen LogP contribution in [0.15, 0.2) is 11.1 Å². The van der Waals surface area contributed by atoms with Crippen LogP contribution in [-0.2, 0) is 16.6 Å². The Morgan fingerprint density at radius 1 is 1.33 bits per heavy atom. The lowest BCUT2D eigenvalue weighted by Gasteiger charge is -2.31. The molecule has 0 aromatic carbocycles. The van der Waals surface area contributed by atoms with Gasteiger partial charge in [0, 0.05) is 38.9 Å². The Balaban J connectivity index is 2.27. The van der Waals surface area contributed by atoms with Crippen LogP contribution in [-0.4, -0.2) is 60.6 Å². The van der Waals surface area contributed by atoms with Gasteiger partial charge in [-0.3, -0.25) is 4.68 Å². The van der Waals surface area contributed by atoms with Gasteiger partial charge in [-0.2, -0.15) is 9.40 Å². The number of nitrogens with zero attached hydrogens (tertiary/aromatic N) is 4. The van der Waals surface area contributed by atoms with E-state index in [1.807, 2.05) is 14.0 Å². The first-order valence-corrected chi connectivity index (χ1v) is 7.40. The zero-order valence-corrected chi connectivity index (χ0v) is 11.5. The molecular formula is C10H19N5O2S. The molecular weight excluding hydrogens is 254 g/mol. The van der Waals surface area contributed by atoms with Crippen molar-refractivity contribution in [2.45, 2.75) is 18.4 Å². The summed E-state index contributed by atoms with van der Waals surface area (Å²) in [5.74, 6) is 0.0794. The summed E-state index contributed by atoms with van der Waals surface area (Å²) < 4.78 is 27.8. The number of piperazine rings is 1. The van der Waals surface area contributed by atoms with E-state index in [9.17, 15) is 8.42 Å². The molecule has 1 fully saturated rings. The van der Waals surface area contributed by atoms with Crippen molar-refractivity contribution in [1.29, 1.82) is 0 Å². The molecule has 7 nitrogen and oxygen atoms in total. The quantitative estimate of drug-likeness (QED) is 0.796. The molecule has 1 aliphatic rings. The fraction of sp³-hybridized carbons (Fsp3) is 0.700. The van der Waals surface area contributed by atoms with Gasteiger partial charge in [-0.25, -0.2) is 8.42 Å². The second kappa shape index (κ2) is 4.87. The standard InChI is InChI=1S/C10H19N5O2S/c1-3-14-8-9(10(11)12-14)18(16,17)15-6-4-13(2)5-7-15/h8H,3-7H2,1-2H3,(H2,11,12). The van der Waals surface area contributed by atoms with Gasteiger partial charge in [0.25, 0.3) is 0 Å². The van der Waals surface area contributed by atoms with Crippen LogP contribution >= 0.6 is 0 Å². The van der Waals surface area contributed by atoms with E-state index in [2.05, 4.69) is 10.00 Å². The van der Waals surface area contributed by atoms with Crippen LogP contribution in [0, 0.1) is 0 Å². The third kappa shape index (κ3) is 2.36. The van der Waals surface area contributed by atoms with E-state index in [4.69, 9.17) is 5.73 Å². The molecule has 0 unspecified atom stereocenters. The van der Waals surface area contributed by atoms with Gasteiger partial charge in [-0.05, 0) is 14.0 Å². The van der Waals surface area contributed by atoms with Crippen molar-refractivity contribution in [2.75, 3.05) is 39.0 Å². The molecule has 0 bridgehead atoms. The van der Waals surface area contributed by atoms with Gasteiger partial charge >= 0.3 is 0 Å². The summed E-state index contributed by atoms with van der Waals surface area (Å²) >= 11 is 0. The van der Waals surface area contributed by atoms with E-state index in [0.717, 1.165) is 13.1 Å². The first-order valence-electron chi connectivity index (χ1n) is 5.96. The zero-order valence-electron chi connectivity index (χ0n) is 10.7. The van der Waals surface area contributed by atoms with Gasteiger partial charge < -0.3 is 10.6 Å². The van der Waals surface area contributed by atoms with Gasteiger partial charge in [0.2, 0.25) is 10.0 Å². The average Bonchev–Trinajstić information content (AvgIpc) is 2.72. The molecule has 2 heterocycles. The number of nitrogens with two attached hydrogens (primary N) is 1. The minimum atomic E-state index is -3.51. The molecule has 0 amide bonds. The molecule has 2 N–H and O–H groups in total. The van der Waals surface area contributed by atoms with Crippen molar-refractivity contribution < 1.29 is 8.42 Å². The lowest BCUT2D eigenvalue weighted by Crippen LogP contribution is -2.47. The Kier molecular flexibility index (Phi) is 3.60. The number of rotatable bonds is 3. The molecule has 0 aliphatic carbocycles. The zero-order chi connectivity index (χ0) is 13.3. The Morgan fingerprint density at radius 2 is 1.94 bits per heavy atom. The molecule has 18 heavy (non-hydrogen) atoms. The molecule has 0 spiro atoms. The summed E-state index contributed by atoms with van der Waals surface area (Å²) in [6.45, 7) is 4.95. The normalized spacial score (nSPS) is 19.2. The van der Waals surface area contributed by atoms with Crippen molar-refractivity contribution in [1.82, 2.24) is 19.0 Å². The number of likely N-dealkylation sites (N-methyl/N-ethyl adjacent to an activating group) is 1. The second-order valence-corrected chi connectivity index (χ2v) is 6.35. The average molecular weight is 273 g/mol. The summed E-state index contributed by atoms with van der Waals surface area (Å²) in [7, 11) is -1.53. The first-order chi connectivity index (χ1) is 8.45. The van der Waals surface area contributed by atoms with Crippen LogP contribution in [0.4, 0.5) is 5.82 Å². The summed E-state index contributed by atoms with van der Waals surface area (Å²) in [5, 5.41) is 3.98. The van der Waals surface area contributed by atoms with E-state index in [-0.39, 0.29) is 10.7 Å². The second-order valence-electron chi connectivity index (χ2n) is 4.44. The fourth-order valence-electron chi connectivity index (χ4n) is 1.95. The highest BCUT2D eigenvalue weighted by Gasteiger charge is 2.30. The molecule has 1 saturated heterocycles. The molecule has 0 saturated carbocycles. The lowest BCUT2D eigenvalue weighted by atomic mass is 10.4. The van der Waals surface area contributed by atoms with Crippen LogP contribution in [0.25, 0.3) is 0 Å². The molecule has 1 aromatic rings. The van der Waals surface area contributed by atoms with E-state index in [1.165, 1.54) is 15.2 Å². The van der Waals surface area contributed by atoms with Crippen LogP contribution in [0.2, 0.25) is 0 Å². The maximum atomic E-state index is 12.4. The monoisotopic (exact) mass is 273 g/mol. The third-order valence-corrected chi connectivity index (χ3v) is 5.07. The molecule has 1 aromatic heterocycles. The topological polar surface area (TPSA) is 84.5 Å². The summed E-state index contributed by atoms with van der Waals surface area (Å²) in [6.07, 6.45) is 1.50. The molecule has 2 rings (SSSR count). The lowest BCUT2D eigenvalue weighted by molar-refractivity contribution is 0.222. The van der Waals surface area contributed by atoms with Gasteiger partial charge in [-0.15, -0.1) is 0 Å². The highest BCUT2D eigenvalue weighted by Crippen LogP contribution is 2.22. The SMILES string of the molecule is CCn1cc(S(=O)(=O)N2CCN(C)CC2)c(N)n1. The van der Waals surface area contributed by atoms with Crippen molar-refractivity contribution in [2.24, 2.45) is 0 Å². The van der Waals surface area contributed by atoms with Crippen molar-refractivity contribution in [3.63, 3.8) is 0 Å². The number of anilines is 1. The van der Waals surface area contributed by atoms with Gasteiger partial charge in [0.05, 0.1) is 0 Å². The maximum Gasteiger partial charge on any atom is 0.248 e. The minimum absolute atomic E-state index is 0.0794. The molecule has 1 aliphatic heterocycles. The van der Waals surface area contributed by atoms with Crippen LogP contribution in [0.5, 0.6) is 0 Å². The maximum absolute atomic E-state index is 12.4. The Morgan fingerprint density at radius 3 is 2.44 bits per heavy atom. The van der Waals surface area contributed by atoms with Crippen molar-refractivity contribution in [3.8, 4) is 0 Å². The van der Waals surface area contributed by atoms with Gasteiger partial charge in [0.15, 0.2) is 5.82 Å². The van der Waals surface area contributed by atoms with E-state index >= 15 is 0 Å². The summed E-state index contributed by atoms with van der Waals surface area (Å²) in [6, 6.07) is 0. The Labute approximate surface area is 107 Å². The number of aromatic nitrogens is 2. The number of aryl methyl sites for hydroxylation is 1. The fourth-order valence-corrected chi connectivity index (χ4v) is 3.43. The van der Waals surface area contributed by atoms with Gasteiger partial charge in [-0.1, -0.05) is 0 Å². The summed E-state index contributed by atoms with van der Waals surface area (Å²) in [5.41, 5.74) is 5.69. The van der Waals surface area contributed by atoms with Crippen LogP contribution in [0.1, 0.15) is 6.92 Å². The van der Waals surface area contributed by atoms with Gasteiger partial charge in [0.1, 0.15) is 4.90 Å². The molecule has 0 atom stereocenters. The molecule has 8 heteroatoms.